The molecule has 1 aliphatic rings. The molecule has 3 aromatic heterocycles. The van der Waals surface area contributed by atoms with Crippen LogP contribution >= 0.6 is 0 Å². The number of pyridine rings is 1. The van der Waals surface area contributed by atoms with Gasteiger partial charge >= 0.3 is 0 Å². The van der Waals surface area contributed by atoms with Crippen LogP contribution in [0.15, 0.2) is 24.4 Å². The van der Waals surface area contributed by atoms with Crippen LogP contribution in [-0.4, -0.2) is 41.5 Å². The molecule has 3 aromatic rings. The highest BCUT2D eigenvalue weighted by Gasteiger charge is 2.36. The van der Waals surface area contributed by atoms with Crippen LogP contribution in [-0.2, 0) is 11.3 Å². The monoisotopic (exact) mass is 352 g/mol. The Kier molecular flexibility index (Phi) is 4.01. The van der Waals surface area contributed by atoms with Crippen molar-refractivity contribution in [2.45, 2.75) is 46.7 Å². The fraction of sp³-hybridized carbons (Fsp3) is 0.474. The summed E-state index contributed by atoms with van der Waals surface area (Å²) in [7, 11) is 0. The lowest BCUT2D eigenvalue weighted by atomic mass is 10.0. The molecule has 1 atom stereocenters. The molecular weight excluding hydrogens is 328 g/mol. The van der Waals surface area contributed by atoms with Gasteiger partial charge in [-0.3, -0.25) is 13.8 Å². The highest BCUT2D eigenvalue weighted by Crippen LogP contribution is 2.33. The normalized spacial score (nSPS) is 17.3. The largest absolute Gasteiger partial charge is 0.334 e. The number of likely N-dealkylation sites (N-methyl/N-ethyl adjacent to an activating group) is 1. The first-order valence-electron chi connectivity index (χ1n) is 9.17. The number of hydrogen-bond acceptors (Lipinski definition) is 4. The van der Waals surface area contributed by atoms with Crippen molar-refractivity contribution < 1.29 is 4.79 Å². The molecule has 0 bridgehead atoms. The first-order chi connectivity index (χ1) is 12.5. The maximum Gasteiger partial charge on any atom is 0.246 e. The van der Waals surface area contributed by atoms with E-state index in [1.54, 1.807) is 0 Å². The topological polar surface area (TPSA) is 68.3 Å². The Bertz CT molecular complexity index is 970. The van der Waals surface area contributed by atoms with Gasteiger partial charge in [0, 0.05) is 12.7 Å². The van der Waals surface area contributed by atoms with Crippen LogP contribution in [0.25, 0.3) is 17.2 Å². The first-order valence-corrected chi connectivity index (χ1v) is 9.17. The lowest BCUT2D eigenvalue weighted by Gasteiger charge is -2.34. The highest BCUT2D eigenvalue weighted by molar-refractivity contribution is 5.82. The van der Waals surface area contributed by atoms with Crippen molar-refractivity contribution in [1.82, 2.24) is 29.0 Å². The van der Waals surface area contributed by atoms with Crippen LogP contribution in [0.2, 0.25) is 0 Å². The van der Waals surface area contributed by atoms with Gasteiger partial charge < -0.3 is 4.90 Å². The van der Waals surface area contributed by atoms with Gasteiger partial charge in [-0.25, -0.2) is 4.98 Å². The van der Waals surface area contributed by atoms with Crippen molar-refractivity contribution in [3.8, 4) is 11.5 Å². The van der Waals surface area contributed by atoms with Gasteiger partial charge in [-0.1, -0.05) is 19.9 Å². The summed E-state index contributed by atoms with van der Waals surface area (Å²) in [6.07, 6.45) is 2.75. The molecule has 4 heterocycles. The molecule has 0 saturated carbocycles. The molecule has 7 nitrogen and oxygen atoms in total. The van der Waals surface area contributed by atoms with Crippen molar-refractivity contribution in [2.75, 3.05) is 6.54 Å². The van der Waals surface area contributed by atoms with E-state index in [-0.39, 0.29) is 11.9 Å². The molecule has 0 fully saturated rings. The zero-order valence-electron chi connectivity index (χ0n) is 15.7. The van der Waals surface area contributed by atoms with Gasteiger partial charge in [0.15, 0.2) is 11.6 Å². The van der Waals surface area contributed by atoms with Crippen molar-refractivity contribution >= 4 is 11.6 Å². The molecular formula is C19H24N6O. The summed E-state index contributed by atoms with van der Waals surface area (Å²) in [5.41, 5.74) is 2.67. The third kappa shape index (κ3) is 2.50. The van der Waals surface area contributed by atoms with E-state index in [1.165, 1.54) is 0 Å². The Labute approximate surface area is 152 Å². The van der Waals surface area contributed by atoms with Gasteiger partial charge in [-0.15, -0.1) is 10.2 Å². The molecule has 0 spiro atoms. The molecule has 0 N–H and O–H groups in total. The van der Waals surface area contributed by atoms with Crippen LogP contribution in [0.5, 0.6) is 0 Å². The van der Waals surface area contributed by atoms with Crippen LogP contribution in [0, 0.1) is 12.8 Å². The van der Waals surface area contributed by atoms with Crippen molar-refractivity contribution in [1.29, 1.82) is 0 Å². The fourth-order valence-corrected chi connectivity index (χ4v) is 3.79. The minimum absolute atomic E-state index is 0.154. The molecule has 7 heteroatoms. The smallest absolute Gasteiger partial charge is 0.246 e. The molecule has 26 heavy (non-hydrogen) atoms. The van der Waals surface area contributed by atoms with E-state index in [0.29, 0.717) is 19.0 Å². The Balaban J connectivity index is 1.92. The molecule has 0 aromatic carbocycles. The molecule has 0 aliphatic carbocycles. The van der Waals surface area contributed by atoms with Crippen LogP contribution in [0.1, 0.15) is 44.8 Å². The lowest BCUT2D eigenvalue weighted by Crippen LogP contribution is -2.43. The van der Waals surface area contributed by atoms with Gasteiger partial charge in [0.1, 0.15) is 17.4 Å². The second kappa shape index (κ2) is 6.23. The number of carbonyl (C=O) groups is 1. The lowest BCUT2D eigenvalue weighted by molar-refractivity contribution is -0.137. The van der Waals surface area contributed by atoms with Gasteiger partial charge in [0.25, 0.3) is 0 Å². The predicted octanol–water partition coefficient (Wildman–Crippen LogP) is 2.85. The summed E-state index contributed by atoms with van der Waals surface area (Å²) in [4.78, 5) is 19.6. The average Bonchev–Trinajstić information content (AvgIpc) is 3.16. The Morgan fingerprint density at radius 3 is 2.81 bits per heavy atom. The van der Waals surface area contributed by atoms with E-state index in [2.05, 4.69) is 29.0 Å². The quantitative estimate of drug-likeness (QED) is 0.724. The molecule has 0 saturated heterocycles. The third-order valence-corrected chi connectivity index (χ3v) is 5.00. The summed E-state index contributed by atoms with van der Waals surface area (Å²) in [6.45, 7) is 9.45. The van der Waals surface area contributed by atoms with Crippen molar-refractivity contribution in [2.24, 2.45) is 5.92 Å². The second-order valence-corrected chi connectivity index (χ2v) is 7.28. The maximum atomic E-state index is 13.1. The molecule has 0 unspecified atom stereocenters. The number of nitrogens with zero attached hydrogens (tertiary/aromatic N) is 6. The summed E-state index contributed by atoms with van der Waals surface area (Å²) in [6, 6.07) is 5.65. The zero-order chi connectivity index (χ0) is 18.4. The van der Waals surface area contributed by atoms with E-state index in [0.717, 1.165) is 35.1 Å². The molecule has 4 rings (SSSR count). The SMILES string of the molecule is CCN1Cc2nnc(-c3c(C)nc4ccccn34)n2[C@@H](CC(C)C)C1=O. The van der Waals surface area contributed by atoms with Gasteiger partial charge in [0.05, 0.1) is 12.2 Å². The number of fused-ring (bicyclic) bond motifs is 2. The fourth-order valence-electron chi connectivity index (χ4n) is 3.79. The number of rotatable bonds is 4. The van der Waals surface area contributed by atoms with E-state index in [1.807, 2.05) is 52.1 Å². The number of amides is 1. The summed E-state index contributed by atoms with van der Waals surface area (Å²) >= 11 is 0. The van der Waals surface area contributed by atoms with Gasteiger partial charge in [0.2, 0.25) is 5.91 Å². The van der Waals surface area contributed by atoms with Crippen LogP contribution in [0.3, 0.4) is 0 Å². The first kappa shape index (κ1) is 16.8. The molecule has 136 valence electrons. The number of aromatic nitrogens is 5. The number of aryl methyl sites for hydroxylation is 1. The molecule has 0 radical (unpaired) electrons. The average molecular weight is 352 g/mol. The maximum absolute atomic E-state index is 13.1. The van der Waals surface area contributed by atoms with E-state index < -0.39 is 0 Å². The number of imidazole rings is 1. The van der Waals surface area contributed by atoms with E-state index >= 15 is 0 Å². The highest BCUT2D eigenvalue weighted by atomic mass is 16.2. The second-order valence-electron chi connectivity index (χ2n) is 7.28. The Hall–Kier alpha value is -2.70. The summed E-state index contributed by atoms with van der Waals surface area (Å²) in [5, 5.41) is 8.91. The summed E-state index contributed by atoms with van der Waals surface area (Å²) < 4.78 is 4.06. The molecule has 1 aliphatic heterocycles. The zero-order valence-corrected chi connectivity index (χ0v) is 15.7. The minimum Gasteiger partial charge on any atom is -0.334 e. The third-order valence-electron chi connectivity index (χ3n) is 5.00. The summed E-state index contributed by atoms with van der Waals surface area (Å²) in [5.74, 6) is 2.12. The number of hydrogen-bond donors (Lipinski definition) is 0. The van der Waals surface area contributed by atoms with Gasteiger partial charge in [-0.05, 0) is 38.3 Å². The Morgan fingerprint density at radius 1 is 1.27 bits per heavy atom. The van der Waals surface area contributed by atoms with E-state index in [9.17, 15) is 4.79 Å². The minimum atomic E-state index is -0.266. The Morgan fingerprint density at radius 2 is 2.08 bits per heavy atom. The van der Waals surface area contributed by atoms with E-state index in [4.69, 9.17) is 0 Å². The van der Waals surface area contributed by atoms with Crippen molar-refractivity contribution in [3.63, 3.8) is 0 Å². The predicted molar refractivity (Wildman–Crippen MR) is 98.5 cm³/mol. The van der Waals surface area contributed by atoms with Gasteiger partial charge in [-0.2, -0.15) is 0 Å². The van der Waals surface area contributed by atoms with Crippen LogP contribution in [0.4, 0.5) is 0 Å². The standard InChI is InChI=1S/C19H24N6O/c1-5-23-11-16-21-22-18(25(16)14(19(23)26)10-12(2)3)17-13(4)20-15-8-6-7-9-24(15)17/h6-9,12,14H,5,10-11H2,1-4H3/t14-/m0/s1. The van der Waals surface area contributed by atoms with Crippen LogP contribution < -0.4 is 0 Å². The number of carbonyl (C=O) groups excluding carboxylic acids is 1. The molecule has 1 amide bonds. The van der Waals surface area contributed by atoms with Crippen molar-refractivity contribution in [3.05, 3.63) is 35.9 Å².